The standard InChI is InChI=1S/C24H31N3O3/c1-3-29-23(28)21-12-14-27(15-13-21)24(25-2)26-17-19-8-7-9-20(16-19)18-30-22-10-5-4-6-11-22/h4-11,16,21H,3,12-15,17-18H2,1-2H3,(H,25,26). The van der Waals surface area contributed by atoms with Gasteiger partial charge in [-0.25, -0.2) is 0 Å². The van der Waals surface area contributed by atoms with Gasteiger partial charge in [0.05, 0.1) is 12.5 Å². The Morgan fingerprint density at radius 3 is 2.53 bits per heavy atom. The number of ether oxygens (including phenoxy) is 2. The Morgan fingerprint density at radius 1 is 1.10 bits per heavy atom. The molecule has 30 heavy (non-hydrogen) atoms. The van der Waals surface area contributed by atoms with Crippen LogP contribution < -0.4 is 10.1 Å². The third-order valence-electron chi connectivity index (χ3n) is 5.22. The van der Waals surface area contributed by atoms with Crippen LogP contribution in [0.1, 0.15) is 30.9 Å². The lowest BCUT2D eigenvalue weighted by Gasteiger charge is -2.33. The van der Waals surface area contributed by atoms with Gasteiger partial charge in [0.15, 0.2) is 5.96 Å². The Hall–Kier alpha value is -3.02. The van der Waals surface area contributed by atoms with Gasteiger partial charge in [-0.1, -0.05) is 42.5 Å². The van der Waals surface area contributed by atoms with E-state index in [0.29, 0.717) is 19.8 Å². The number of esters is 1. The van der Waals surface area contributed by atoms with E-state index in [1.165, 1.54) is 5.56 Å². The van der Waals surface area contributed by atoms with Gasteiger partial charge in [-0.3, -0.25) is 9.79 Å². The van der Waals surface area contributed by atoms with Crippen LogP contribution in [-0.2, 0) is 22.7 Å². The molecule has 0 aromatic heterocycles. The number of benzene rings is 2. The first-order valence-corrected chi connectivity index (χ1v) is 10.6. The summed E-state index contributed by atoms with van der Waals surface area (Å²) in [5.41, 5.74) is 2.30. The lowest BCUT2D eigenvalue weighted by molar-refractivity contribution is -0.149. The van der Waals surface area contributed by atoms with Crippen molar-refractivity contribution in [1.82, 2.24) is 10.2 Å². The molecule has 0 unspecified atom stereocenters. The second-order valence-electron chi connectivity index (χ2n) is 7.34. The molecular weight excluding hydrogens is 378 g/mol. The van der Waals surface area contributed by atoms with Gasteiger partial charge in [0, 0.05) is 26.7 Å². The van der Waals surface area contributed by atoms with Crippen molar-refractivity contribution in [3.63, 3.8) is 0 Å². The van der Waals surface area contributed by atoms with Gasteiger partial charge in [-0.15, -0.1) is 0 Å². The van der Waals surface area contributed by atoms with Crippen LogP contribution in [0.3, 0.4) is 0 Å². The lowest BCUT2D eigenvalue weighted by Crippen LogP contribution is -2.46. The highest BCUT2D eigenvalue weighted by molar-refractivity contribution is 5.80. The number of nitrogens with zero attached hydrogens (tertiary/aromatic N) is 2. The topological polar surface area (TPSA) is 63.2 Å². The van der Waals surface area contributed by atoms with Crippen molar-refractivity contribution in [3.8, 4) is 5.75 Å². The van der Waals surface area contributed by atoms with Crippen molar-refractivity contribution in [2.45, 2.75) is 32.9 Å². The zero-order chi connectivity index (χ0) is 21.2. The number of hydrogen-bond acceptors (Lipinski definition) is 4. The molecule has 0 radical (unpaired) electrons. The van der Waals surface area contributed by atoms with Crippen molar-refractivity contribution in [3.05, 3.63) is 65.7 Å². The van der Waals surface area contributed by atoms with Crippen LogP contribution in [0.5, 0.6) is 5.75 Å². The van der Waals surface area contributed by atoms with Crippen LogP contribution in [0.4, 0.5) is 0 Å². The average molecular weight is 410 g/mol. The molecule has 2 aromatic rings. The largest absolute Gasteiger partial charge is 0.489 e. The minimum Gasteiger partial charge on any atom is -0.489 e. The maximum Gasteiger partial charge on any atom is 0.309 e. The number of aliphatic imine (C=N–C) groups is 1. The summed E-state index contributed by atoms with van der Waals surface area (Å²) in [6.45, 7) is 5.11. The maximum absolute atomic E-state index is 11.9. The number of hydrogen-bond donors (Lipinski definition) is 1. The first-order valence-electron chi connectivity index (χ1n) is 10.6. The van der Waals surface area contributed by atoms with Crippen LogP contribution in [0.15, 0.2) is 59.6 Å². The summed E-state index contributed by atoms with van der Waals surface area (Å²) >= 11 is 0. The molecule has 160 valence electrons. The van der Waals surface area contributed by atoms with E-state index in [2.05, 4.69) is 33.4 Å². The molecule has 1 fully saturated rings. The van der Waals surface area contributed by atoms with Crippen LogP contribution in [0.25, 0.3) is 0 Å². The van der Waals surface area contributed by atoms with Gasteiger partial charge < -0.3 is 19.7 Å². The van der Waals surface area contributed by atoms with Crippen LogP contribution >= 0.6 is 0 Å². The molecule has 0 atom stereocenters. The summed E-state index contributed by atoms with van der Waals surface area (Å²) in [6.07, 6.45) is 1.59. The predicted molar refractivity (Wildman–Crippen MR) is 118 cm³/mol. The van der Waals surface area contributed by atoms with E-state index >= 15 is 0 Å². The molecular formula is C24H31N3O3. The van der Waals surface area contributed by atoms with Gasteiger partial charge in [0.25, 0.3) is 0 Å². The fourth-order valence-corrected chi connectivity index (χ4v) is 3.61. The van der Waals surface area contributed by atoms with E-state index < -0.39 is 0 Å². The number of likely N-dealkylation sites (tertiary alicyclic amines) is 1. The Balaban J connectivity index is 1.49. The Kier molecular flexibility index (Phi) is 8.12. The summed E-state index contributed by atoms with van der Waals surface area (Å²) in [6, 6.07) is 18.2. The number of carbonyl (C=O) groups excluding carboxylic acids is 1. The first kappa shape index (κ1) is 21.7. The molecule has 0 bridgehead atoms. The number of guanidine groups is 1. The first-order chi connectivity index (χ1) is 14.7. The highest BCUT2D eigenvalue weighted by atomic mass is 16.5. The van der Waals surface area contributed by atoms with Gasteiger partial charge in [-0.05, 0) is 43.0 Å². The number of rotatable bonds is 7. The van der Waals surface area contributed by atoms with Crippen molar-refractivity contribution in [2.75, 3.05) is 26.7 Å². The van der Waals surface area contributed by atoms with E-state index in [4.69, 9.17) is 9.47 Å². The summed E-state index contributed by atoms with van der Waals surface area (Å²) in [5.74, 6) is 1.66. The van der Waals surface area contributed by atoms with Gasteiger partial charge in [0.1, 0.15) is 12.4 Å². The Morgan fingerprint density at radius 2 is 1.83 bits per heavy atom. The minimum absolute atomic E-state index is 0.000558. The molecule has 1 saturated heterocycles. The SMILES string of the molecule is CCOC(=O)C1CCN(C(=NC)NCc2cccc(COc3ccccc3)c2)CC1. The van der Waals surface area contributed by atoms with E-state index in [9.17, 15) is 4.79 Å². The van der Waals surface area contributed by atoms with E-state index in [0.717, 1.165) is 43.2 Å². The molecule has 3 rings (SSSR count). The Bertz CT molecular complexity index is 831. The fourth-order valence-electron chi connectivity index (χ4n) is 3.61. The molecule has 6 nitrogen and oxygen atoms in total. The van der Waals surface area contributed by atoms with Crippen LogP contribution in [0, 0.1) is 5.92 Å². The molecule has 0 amide bonds. The third kappa shape index (κ3) is 6.24. The molecule has 6 heteroatoms. The average Bonchev–Trinajstić information content (AvgIpc) is 2.80. The molecule has 1 aliphatic rings. The van der Waals surface area contributed by atoms with E-state index in [1.54, 1.807) is 7.05 Å². The third-order valence-corrected chi connectivity index (χ3v) is 5.22. The zero-order valence-electron chi connectivity index (χ0n) is 17.8. The molecule has 1 aliphatic heterocycles. The highest BCUT2D eigenvalue weighted by Gasteiger charge is 2.27. The zero-order valence-corrected chi connectivity index (χ0v) is 17.8. The summed E-state index contributed by atoms with van der Waals surface area (Å²) < 4.78 is 11.0. The van der Waals surface area contributed by atoms with Crippen LogP contribution in [0.2, 0.25) is 0 Å². The van der Waals surface area contributed by atoms with E-state index in [-0.39, 0.29) is 11.9 Å². The fraction of sp³-hybridized carbons (Fsp3) is 0.417. The maximum atomic E-state index is 11.9. The quantitative estimate of drug-likeness (QED) is 0.430. The van der Waals surface area contributed by atoms with Gasteiger partial charge >= 0.3 is 5.97 Å². The molecule has 2 aromatic carbocycles. The second-order valence-corrected chi connectivity index (χ2v) is 7.34. The Labute approximate surface area is 178 Å². The van der Waals surface area contributed by atoms with Crippen molar-refractivity contribution >= 4 is 11.9 Å². The van der Waals surface area contributed by atoms with Crippen molar-refractivity contribution in [1.29, 1.82) is 0 Å². The molecule has 1 heterocycles. The molecule has 0 spiro atoms. The van der Waals surface area contributed by atoms with Crippen molar-refractivity contribution in [2.24, 2.45) is 10.9 Å². The predicted octanol–water partition coefficient (Wildman–Crippen LogP) is 3.62. The summed E-state index contributed by atoms with van der Waals surface area (Å²) in [5, 5.41) is 3.44. The number of carbonyl (C=O) groups is 1. The molecule has 1 N–H and O–H groups in total. The lowest BCUT2D eigenvalue weighted by atomic mass is 9.97. The smallest absolute Gasteiger partial charge is 0.309 e. The normalized spacial score (nSPS) is 15.0. The van der Waals surface area contributed by atoms with Gasteiger partial charge in [0.2, 0.25) is 0 Å². The summed E-state index contributed by atoms with van der Waals surface area (Å²) in [4.78, 5) is 18.6. The summed E-state index contributed by atoms with van der Waals surface area (Å²) in [7, 11) is 1.80. The van der Waals surface area contributed by atoms with Crippen LogP contribution in [-0.4, -0.2) is 43.6 Å². The monoisotopic (exact) mass is 409 g/mol. The molecule has 0 saturated carbocycles. The van der Waals surface area contributed by atoms with E-state index in [1.807, 2.05) is 43.3 Å². The van der Waals surface area contributed by atoms with Crippen molar-refractivity contribution < 1.29 is 14.3 Å². The second kappa shape index (κ2) is 11.2. The number of para-hydroxylation sites is 1. The number of nitrogens with one attached hydrogen (secondary N) is 1. The highest BCUT2D eigenvalue weighted by Crippen LogP contribution is 2.19. The number of piperidine rings is 1. The molecule has 0 aliphatic carbocycles. The minimum atomic E-state index is -0.0744. The van der Waals surface area contributed by atoms with Gasteiger partial charge in [-0.2, -0.15) is 0 Å².